The zero-order valence-corrected chi connectivity index (χ0v) is 11.2. The summed E-state index contributed by atoms with van der Waals surface area (Å²) in [4.78, 5) is 0. The summed E-state index contributed by atoms with van der Waals surface area (Å²) in [5.41, 5.74) is 1.08. The lowest BCUT2D eigenvalue weighted by Gasteiger charge is -2.10. The molecule has 1 atom stereocenters. The number of hydrogen-bond donors (Lipinski definition) is 1. The van der Waals surface area contributed by atoms with E-state index >= 15 is 0 Å². The van der Waals surface area contributed by atoms with Gasteiger partial charge in [-0.2, -0.15) is 0 Å². The first-order valence-electron chi connectivity index (χ1n) is 4.91. The Balaban J connectivity index is 2.34. The molecule has 0 radical (unpaired) electrons. The molecule has 0 heterocycles. The molecule has 1 rings (SSSR count). The second kappa shape index (κ2) is 7.36. The van der Waals surface area contributed by atoms with Crippen molar-refractivity contribution in [2.24, 2.45) is 0 Å². The topological polar surface area (TPSA) is 21.3 Å². The van der Waals surface area contributed by atoms with Crippen LogP contribution in [0.3, 0.4) is 0 Å². The normalized spacial score (nSPS) is 12.8. The summed E-state index contributed by atoms with van der Waals surface area (Å²) in [5.74, 6) is 0. The molecule has 1 unspecified atom stereocenters. The van der Waals surface area contributed by atoms with Crippen LogP contribution in [0.25, 0.3) is 0 Å². The molecule has 0 spiro atoms. The number of hydrogen-bond acceptors (Lipinski definition) is 2. The third-order valence-electron chi connectivity index (χ3n) is 2.03. The molecule has 1 aromatic rings. The zero-order valence-electron chi connectivity index (χ0n) is 8.97. The highest BCUT2D eigenvalue weighted by molar-refractivity contribution is 6.42. The van der Waals surface area contributed by atoms with Crippen LogP contribution in [0.1, 0.15) is 5.56 Å². The Kier molecular flexibility index (Phi) is 6.47. The number of methoxy groups -OCH3 is 1. The molecule has 1 N–H and O–H groups in total. The Labute approximate surface area is 111 Å². The van der Waals surface area contributed by atoms with E-state index in [-0.39, 0.29) is 5.38 Å². The monoisotopic (exact) mass is 281 g/mol. The summed E-state index contributed by atoms with van der Waals surface area (Å²) in [5, 5.41) is 4.34. The summed E-state index contributed by atoms with van der Waals surface area (Å²) in [6.07, 6.45) is 0. The summed E-state index contributed by atoms with van der Waals surface area (Å²) >= 11 is 17.7. The predicted octanol–water partition coefficient (Wildman–Crippen LogP) is 3.34. The van der Waals surface area contributed by atoms with Crippen LogP contribution in [0.4, 0.5) is 0 Å². The van der Waals surface area contributed by atoms with Crippen molar-refractivity contribution in [2.75, 3.05) is 20.3 Å². The first kappa shape index (κ1) is 14.1. The number of rotatable bonds is 6. The van der Waals surface area contributed by atoms with Gasteiger partial charge in [0, 0.05) is 20.2 Å². The molecule has 0 fully saturated rings. The molecule has 0 aromatic heterocycles. The second-order valence-corrected chi connectivity index (χ2v) is 4.86. The van der Waals surface area contributed by atoms with E-state index < -0.39 is 0 Å². The van der Waals surface area contributed by atoms with Gasteiger partial charge < -0.3 is 10.1 Å². The molecule has 5 heteroatoms. The van der Waals surface area contributed by atoms with Crippen molar-refractivity contribution >= 4 is 34.8 Å². The van der Waals surface area contributed by atoms with Gasteiger partial charge in [-0.3, -0.25) is 0 Å². The number of halogens is 3. The quantitative estimate of drug-likeness (QED) is 0.808. The predicted molar refractivity (Wildman–Crippen MR) is 69.7 cm³/mol. The molecule has 90 valence electrons. The minimum absolute atomic E-state index is 0.0206. The summed E-state index contributed by atoms with van der Waals surface area (Å²) in [6, 6.07) is 5.56. The van der Waals surface area contributed by atoms with Crippen LogP contribution >= 0.6 is 34.8 Å². The number of nitrogens with one attached hydrogen (secondary N) is 1. The van der Waals surface area contributed by atoms with Gasteiger partial charge in [-0.15, -0.1) is 11.6 Å². The number of ether oxygens (including phenoxy) is 1. The van der Waals surface area contributed by atoms with Crippen LogP contribution in [-0.4, -0.2) is 25.6 Å². The molecule has 16 heavy (non-hydrogen) atoms. The van der Waals surface area contributed by atoms with Crippen molar-refractivity contribution in [1.29, 1.82) is 0 Å². The van der Waals surface area contributed by atoms with E-state index in [1.807, 2.05) is 12.1 Å². The van der Waals surface area contributed by atoms with Gasteiger partial charge in [-0.1, -0.05) is 29.3 Å². The third kappa shape index (κ3) is 4.89. The molecule has 0 bridgehead atoms. The Hall–Kier alpha value is 0.01000. The molecule has 0 amide bonds. The van der Waals surface area contributed by atoms with E-state index in [1.165, 1.54) is 0 Å². The van der Waals surface area contributed by atoms with Gasteiger partial charge in [0.05, 0.1) is 22.0 Å². The minimum Gasteiger partial charge on any atom is -0.383 e. The van der Waals surface area contributed by atoms with Gasteiger partial charge in [-0.25, -0.2) is 0 Å². The Morgan fingerprint density at radius 2 is 2.06 bits per heavy atom. The summed E-state index contributed by atoms with van der Waals surface area (Å²) in [6.45, 7) is 1.94. The van der Waals surface area contributed by atoms with Crippen LogP contribution in [0, 0.1) is 0 Å². The molecule has 0 saturated carbocycles. The lowest BCUT2D eigenvalue weighted by atomic mass is 10.2. The van der Waals surface area contributed by atoms with Gasteiger partial charge in [0.1, 0.15) is 0 Å². The highest BCUT2D eigenvalue weighted by Gasteiger charge is 2.03. The van der Waals surface area contributed by atoms with Gasteiger partial charge in [0.2, 0.25) is 0 Å². The van der Waals surface area contributed by atoms with Crippen molar-refractivity contribution in [1.82, 2.24) is 5.32 Å². The average molecular weight is 283 g/mol. The van der Waals surface area contributed by atoms with E-state index in [0.29, 0.717) is 29.7 Å². The molecule has 0 aliphatic heterocycles. The number of benzene rings is 1. The molecular formula is C11H14Cl3NO. The van der Waals surface area contributed by atoms with Crippen LogP contribution in [0.5, 0.6) is 0 Å². The van der Waals surface area contributed by atoms with Crippen molar-refractivity contribution in [3.63, 3.8) is 0 Å². The fourth-order valence-corrected chi connectivity index (χ4v) is 1.82. The average Bonchev–Trinajstić information content (AvgIpc) is 2.24. The third-order valence-corrected chi connectivity index (χ3v) is 3.05. The van der Waals surface area contributed by atoms with Gasteiger partial charge in [0.15, 0.2) is 0 Å². The van der Waals surface area contributed by atoms with Crippen molar-refractivity contribution in [3.8, 4) is 0 Å². The van der Waals surface area contributed by atoms with Crippen LogP contribution in [0.2, 0.25) is 10.0 Å². The fraction of sp³-hybridized carbons (Fsp3) is 0.455. The van der Waals surface area contributed by atoms with Crippen LogP contribution < -0.4 is 5.32 Å². The lowest BCUT2D eigenvalue weighted by Crippen LogP contribution is -2.25. The maximum absolute atomic E-state index is 5.97. The van der Waals surface area contributed by atoms with E-state index in [0.717, 1.165) is 5.56 Å². The molecule has 0 saturated heterocycles. The van der Waals surface area contributed by atoms with E-state index in [2.05, 4.69) is 5.32 Å². The van der Waals surface area contributed by atoms with E-state index in [9.17, 15) is 0 Å². The van der Waals surface area contributed by atoms with Gasteiger partial charge >= 0.3 is 0 Å². The van der Waals surface area contributed by atoms with E-state index in [4.69, 9.17) is 39.5 Å². The highest BCUT2D eigenvalue weighted by atomic mass is 35.5. The SMILES string of the molecule is COCC(Cl)CNCc1ccc(Cl)c(Cl)c1. The standard InChI is InChI=1S/C11H14Cl3NO/c1-16-7-9(12)6-15-5-8-2-3-10(13)11(14)4-8/h2-4,9,15H,5-7H2,1H3. The Morgan fingerprint density at radius 1 is 1.31 bits per heavy atom. The Morgan fingerprint density at radius 3 is 2.69 bits per heavy atom. The van der Waals surface area contributed by atoms with Crippen LogP contribution in [0.15, 0.2) is 18.2 Å². The zero-order chi connectivity index (χ0) is 12.0. The van der Waals surface area contributed by atoms with Crippen LogP contribution in [-0.2, 0) is 11.3 Å². The highest BCUT2D eigenvalue weighted by Crippen LogP contribution is 2.22. The lowest BCUT2D eigenvalue weighted by molar-refractivity contribution is 0.197. The van der Waals surface area contributed by atoms with Crippen molar-refractivity contribution in [3.05, 3.63) is 33.8 Å². The summed E-state index contributed by atoms with van der Waals surface area (Å²) in [7, 11) is 1.63. The summed E-state index contributed by atoms with van der Waals surface area (Å²) < 4.78 is 4.93. The second-order valence-electron chi connectivity index (χ2n) is 3.43. The minimum atomic E-state index is -0.0206. The fourth-order valence-electron chi connectivity index (χ4n) is 1.26. The van der Waals surface area contributed by atoms with E-state index in [1.54, 1.807) is 13.2 Å². The molecular weight excluding hydrogens is 268 g/mol. The maximum atomic E-state index is 5.97. The number of alkyl halides is 1. The van der Waals surface area contributed by atoms with Crippen molar-refractivity contribution < 1.29 is 4.74 Å². The Bertz CT molecular complexity index is 333. The molecule has 0 aliphatic rings. The molecule has 1 aromatic carbocycles. The first-order chi connectivity index (χ1) is 7.63. The first-order valence-corrected chi connectivity index (χ1v) is 6.10. The molecule has 2 nitrogen and oxygen atoms in total. The van der Waals surface area contributed by atoms with Gasteiger partial charge in [-0.05, 0) is 17.7 Å². The maximum Gasteiger partial charge on any atom is 0.0694 e. The van der Waals surface area contributed by atoms with Gasteiger partial charge in [0.25, 0.3) is 0 Å². The van der Waals surface area contributed by atoms with Crippen molar-refractivity contribution in [2.45, 2.75) is 11.9 Å². The smallest absolute Gasteiger partial charge is 0.0694 e. The molecule has 0 aliphatic carbocycles. The largest absolute Gasteiger partial charge is 0.383 e.